The molecule has 14 heavy (non-hydrogen) atoms. The molecule has 0 aromatic heterocycles. The molecule has 4 nitrogen and oxygen atoms in total. The first-order valence-electron chi connectivity index (χ1n) is 4.35. The van der Waals surface area contributed by atoms with E-state index in [1.54, 1.807) is 19.1 Å². The van der Waals surface area contributed by atoms with E-state index in [9.17, 15) is 9.59 Å². The van der Waals surface area contributed by atoms with E-state index in [0.29, 0.717) is 13.1 Å². The number of esters is 1. The summed E-state index contributed by atoms with van der Waals surface area (Å²) in [6, 6.07) is 0. The van der Waals surface area contributed by atoms with Crippen molar-refractivity contribution in [2.24, 2.45) is 0 Å². The van der Waals surface area contributed by atoms with E-state index >= 15 is 0 Å². The fourth-order valence-electron chi connectivity index (χ4n) is 0.874. The van der Waals surface area contributed by atoms with Crippen LogP contribution in [0, 0.1) is 0 Å². The molecule has 0 saturated carbocycles. The van der Waals surface area contributed by atoms with Crippen molar-refractivity contribution >= 4 is 11.9 Å². The van der Waals surface area contributed by atoms with Gasteiger partial charge in [0.05, 0.1) is 6.61 Å². The van der Waals surface area contributed by atoms with Gasteiger partial charge in [0.15, 0.2) is 0 Å². The predicted molar refractivity (Wildman–Crippen MR) is 53.6 cm³/mol. The molecule has 0 aliphatic rings. The minimum absolute atomic E-state index is 0.195. The Labute approximate surface area is 83.8 Å². The lowest BCUT2D eigenvalue weighted by Gasteiger charge is -2.17. The summed E-state index contributed by atoms with van der Waals surface area (Å²) >= 11 is 0. The van der Waals surface area contributed by atoms with E-state index in [1.165, 1.54) is 4.90 Å². The molecule has 0 N–H and O–H groups in total. The topological polar surface area (TPSA) is 46.6 Å². The van der Waals surface area contributed by atoms with Crippen LogP contribution in [0.3, 0.4) is 0 Å². The van der Waals surface area contributed by atoms with E-state index in [4.69, 9.17) is 0 Å². The molecular weight excluding hydrogens is 182 g/mol. The Kier molecular flexibility index (Phi) is 6.11. The van der Waals surface area contributed by atoms with Crippen LogP contribution in [-0.4, -0.2) is 36.5 Å². The molecule has 0 heterocycles. The average Bonchev–Trinajstić information content (AvgIpc) is 2.17. The van der Waals surface area contributed by atoms with Crippen molar-refractivity contribution in [3.05, 3.63) is 25.3 Å². The molecule has 0 aliphatic heterocycles. The molecule has 0 rings (SSSR count). The van der Waals surface area contributed by atoms with Crippen LogP contribution in [0.1, 0.15) is 6.92 Å². The van der Waals surface area contributed by atoms with Gasteiger partial charge < -0.3 is 9.64 Å². The lowest BCUT2D eigenvalue weighted by molar-refractivity contribution is -0.159. The predicted octanol–water partition coefficient (Wildman–Crippen LogP) is 0.750. The van der Waals surface area contributed by atoms with E-state index in [0.717, 1.165) is 0 Å². The quantitative estimate of drug-likeness (QED) is 0.371. The van der Waals surface area contributed by atoms with Crippen LogP contribution in [0.25, 0.3) is 0 Å². The number of carbonyl (C=O) groups is 2. The number of hydrogen-bond donors (Lipinski definition) is 0. The van der Waals surface area contributed by atoms with Gasteiger partial charge in [-0.3, -0.25) is 4.79 Å². The third-order valence-electron chi connectivity index (χ3n) is 1.44. The average molecular weight is 197 g/mol. The fourth-order valence-corrected chi connectivity index (χ4v) is 0.874. The summed E-state index contributed by atoms with van der Waals surface area (Å²) in [5.74, 6) is -1.50. The van der Waals surface area contributed by atoms with Crippen molar-refractivity contribution in [2.75, 3.05) is 19.7 Å². The number of carbonyl (C=O) groups excluding carboxylic acids is 2. The van der Waals surface area contributed by atoms with Crippen molar-refractivity contribution in [3.63, 3.8) is 0 Å². The maximum absolute atomic E-state index is 11.4. The maximum atomic E-state index is 11.4. The van der Waals surface area contributed by atoms with Crippen LogP contribution in [0.15, 0.2) is 25.3 Å². The van der Waals surface area contributed by atoms with Crippen LogP contribution in [0.5, 0.6) is 0 Å². The lowest BCUT2D eigenvalue weighted by atomic mass is 10.4. The molecule has 0 radical (unpaired) electrons. The van der Waals surface area contributed by atoms with Crippen molar-refractivity contribution in [1.82, 2.24) is 4.90 Å². The molecule has 0 bridgehead atoms. The summed E-state index contributed by atoms with van der Waals surface area (Å²) in [4.78, 5) is 23.7. The Morgan fingerprint density at radius 1 is 1.29 bits per heavy atom. The zero-order chi connectivity index (χ0) is 11.0. The molecular formula is C10H15NO3. The fraction of sp³-hybridized carbons (Fsp3) is 0.400. The molecule has 0 aliphatic carbocycles. The van der Waals surface area contributed by atoms with E-state index in [1.807, 2.05) is 0 Å². The number of nitrogens with zero attached hydrogens (tertiary/aromatic N) is 1. The molecule has 0 spiro atoms. The molecule has 0 unspecified atom stereocenters. The Hall–Kier alpha value is -1.58. The standard InChI is InChI=1S/C10H15NO3/c1-4-7-11(8-5-2)9(12)10(13)14-6-3/h4-5H,1-2,6-8H2,3H3. The van der Waals surface area contributed by atoms with Crippen molar-refractivity contribution in [2.45, 2.75) is 6.92 Å². The molecule has 0 aromatic carbocycles. The lowest BCUT2D eigenvalue weighted by Crippen LogP contribution is -2.37. The first-order chi connectivity index (χ1) is 6.67. The highest BCUT2D eigenvalue weighted by Crippen LogP contribution is 1.93. The minimum atomic E-state index is -0.837. The van der Waals surface area contributed by atoms with Crippen molar-refractivity contribution < 1.29 is 14.3 Å². The van der Waals surface area contributed by atoms with Gasteiger partial charge >= 0.3 is 11.9 Å². The highest BCUT2D eigenvalue weighted by atomic mass is 16.5. The minimum Gasteiger partial charge on any atom is -0.459 e. The molecule has 0 atom stereocenters. The number of amides is 1. The summed E-state index contributed by atoms with van der Waals surface area (Å²) in [5, 5.41) is 0. The molecule has 1 amide bonds. The summed E-state index contributed by atoms with van der Waals surface area (Å²) in [6.07, 6.45) is 3.08. The van der Waals surface area contributed by atoms with Crippen LogP contribution >= 0.6 is 0 Å². The third kappa shape index (κ3) is 3.89. The smallest absolute Gasteiger partial charge is 0.397 e. The van der Waals surface area contributed by atoms with Crippen molar-refractivity contribution in [1.29, 1.82) is 0 Å². The largest absolute Gasteiger partial charge is 0.459 e. The Balaban J connectivity index is 4.33. The summed E-state index contributed by atoms with van der Waals surface area (Å²) < 4.78 is 4.58. The molecule has 78 valence electrons. The number of rotatable bonds is 5. The van der Waals surface area contributed by atoms with Gasteiger partial charge in [0.25, 0.3) is 0 Å². The van der Waals surface area contributed by atoms with Gasteiger partial charge in [0.2, 0.25) is 0 Å². The van der Waals surface area contributed by atoms with Crippen LogP contribution in [-0.2, 0) is 14.3 Å². The normalized spacial score (nSPS) is 8.93. The zero-order valence-electron chi connectivity index (χ0n) is 8.36. The molecule has 4 heteroatoms. The van der Waals surface area contributed by atoms with Crippen LogP contribution < -0.4 is 0 Å². The monoisotopic (exact) mass is 197 g/mol. The van der Waals surface area contributed by atoms with Gasteiger partial charge in [-0.05, 0) is 6.92 Å². The van der Waals surface area contributed by atoms with Gasteiger partial charge in [-0.2, -0.15) is 0 Å². The highest BCUT2D eigenvalue weighted by Gasteiger charge is 2.20. The van der Waals surface area contributed by atoms with Gasteiger partial charge in [0, 0.05) is 13.1 Å². The second-order valence-electron chi connectivity index (χ2n) is 2.51. The van der Waals surface area contributed by atoms with E-state index < -0.39 is 11.9 Å². The maximum Gasteiger partial charge on any atom is 0.397 e. The summed E-state index contributed by atoms with van der Waals surface area (Å²) in [7, 11) is 0. The summed E-state index contributed by atoms with van der Waals surface area (Å²) in [5.41, 5.74) is 0. The van der Waals surface area contributed by atoms with Gasteiger partial charge in [-0.1, -0.05) is 12.2 Å². The van der Waals surface area contributed by atoms with E-state index in [-0.39, 0.29) is 6.61 Å². The number of ether oxygens (including phenoxy) is 1. The van der Waals surface area contributed by atoms with Crippen LogP contribution in [0.4, 0.5) is 0 Å². The molecule has 0 aromatic rings. The second-order valence-corrected chi connectivity index (χ2v) is 2.51. The Morgan fingerprint density at radius 3 is 2.14 bits per heavy atom. The second kappa shape index (κ2) is 6.88. The molecule has 0 saturated heterocycles. The third-order valence-corrected chi connectivity index (χ3v) is 1.44. The zero-order valence-corrected chi connectivity index (χ0v) is 8.36. The first-order valence-corrected chi connectivity index (χ1v) is 4.35. The van der Waals surface area contributed by atoms with Gasteiger partial charge in [-0.15, -0.1) is 13.2 Å². The van der Waals surface area contributed by atoms with Crippen molar-refractivity contribution in [3.8, 4) is 0 Å². The number of hydrogen-bond acceptors (Lipinski definition) is 3. The highest BCUT2D eigenvalue weighted by molar-refractivity contribution is 6.32. The van der Waals surface area contributed by atoms with E-state index in [2.05, 4.69) is 17.9 Å². The van der Waals surface area contributed by atoms with Gasteiger partial charge in [0.1, 0.15) is 0 Å². The summed E-state index contributed by atoms with van der Waals surface area (Å²) in [6.45, 7) is 9.44. The SMILES string of the molecule is C=CCN(CC=C)C(=O)C(=O)OCC. The van der Waals surface area contributed by atoms with Crippen LogP contribution in [0.2, 0.25) is 0 Å². The van der Waals surface area contributed by atoms with Gasteiger partial charge in [-0.25, -0.2) is 4.79 Å². The molecule has 0 fully saturated rings. The first kappa shape index (κ1) is 12.4. The Morgan fingerprint density at radius 2 is 1.79 bits per heavy atom. The Bertz CT molecular complexity index is 226.